The number of aryl methyl sites for hydroxylation is 1. The first-order valence-electron chi connectivity index (χ1n) is 7.32. The summed E-state index contributed by atoms with van der Waals surface area (Å²) in [6.07, 6.45) is 0. The highest BCUT2D eigenvalue weighted by Gasteiger charge is 2.27. The van der Waals surface area contributed by atoms with Crippen molar-refractivity contribution in [3.8, 4) is 5.75 Å². The van der Waals surface area contributed by atoms with E-state index in [1.165, 1.54) is 0 Å². The van der Waals surface area contributed by atoms with Crippen molar-refractivity contribution in [2.24, 2.45) is 0 Å². The van der Waals surface area contributed by atoms with Gasteiger partial charge >= 0.3 is 5.97 Å². The number of ether oxygens (including phenoxy) is 2. The molecule has 0 spiro atoms. The number of methoxy groups -OCH3 is 1. The lowest BCUT2D eigenvalue weighted by Crippen LogP contribution is -2.22. The molecule has 5 heteroatoms. The van der Waals surface area contributed by atoms with Crippen LogP contribution in [0.3, 0.4) is 0 Å². The van der Waals surface area contributed by atoms with E-state index in [2.05, 4.69) is 0 Å². The second kappa shape index (κ2) is 6.22. The van der Waals surface area contributed by atoms with E-state index in [0.717, 1.165) is 16.5 Å². The zero-order chi connectivity index (χ0) is 16.4. The molecule has 0 atom stereocenters. The maximum Gasteiger partial charge on any atom is 0.381 e. The molecule has 1 aromatic carbocycles. The molecule has 1 heterocycles. The topological polar surface area (TPSA) is 57.5 Å². The Hall–Kier alpha value is -2.30. The average Bonchev–Trinajstić information content (AvgIpc) is 2.79. The Balaban J connectivity index is 2.72. The Morgan fingerprint density at radius 1 is 1.27 bits per heavy atom. The predicted octanol–water partition coefficient (Wildman–Crippen LogP) is 3.29. The number of Topliss-reactive ketones (excluding diaryl/α,β-unsaturated/α-hetero) is 1. The monoisotopic (exact) mass is 303 g/mol. The van der Waals surface area contributed by atoms with Gasteiger partial charge in [-0.1, -0.05) is 0 Å². The SMILES string of the molecule is CCOC(=O)C(=O)c1c(C)c2ccc(OC)cc2n1C(C)C. The van der Waals surface area contributed by atoms with Gasteiger partial charge in [0.1, 0.15) is 11.4 Å². The number of benzene rings is 1. The predicted molar refractivity (Wildman–Crippen MR) is 84.6 cm³/mol. The van der Waals surface area contributed by atoms with Gasteiger partial charge in [0.05, 0.1) is 19.2 Å². The van der Waals surface area contributed by atoms with E-state index < -0.39 is 11.8 Å². The second-order valence-corrected chi connectivity index (χ2v) is 5.37. The van der Waals surface area contributed by atoms with E-state index in [0.29, 0.717) is 11.4 Å². The van der Waals surface area contributed by atoms with Crippen molar-refractivity contribution in [1.82, 2.24) is 4.57 Å². The first kappa shape index (κ1) is 16.1. The van der Waals surface area contributed by atoms with Crippen LogP contribution < -0.4 is 4.74 Å². The summed E-state index contributed by atoms with van der Waals surface area (Å²) in [6.45, 7) is 7.65. The zero-order valence-corrected chi connectivity index (χ0v) is 13.6. The largest absolute Gasteiger partial charge is 0.497 e. The summed E-state index contributed by atoms with van der Waals surface area (Å²) in [6, 6.07) is 5.66. The van der Waals surface area contributed by atoms with E-state index >= 15 is 0 Å². The lowest BCUT2D eigenvalue weighted by molar-refractivity contribution is -0.137. The van der Waals surface area contributed by atoms with Gasteiger partial charge in [-0.05, 0) is 45.4 Å². The molecular weight excluding hydrogens is 282 g/mol. The Kier molecular flexibility index (Phi) is 4.54. The van der Waals surface area contributed by atoms with E-state index in [9.17, 15) is 9.59 Å². The van der Waals surface area contributed by atoms with Crippen LogP contribution in [-0.4, -0.2) is 30.0 Å². The van der Waals surface area contributed by atoms with Gasteiger partial charge in [0.2, 0.25) is 0 Å². The number of fused-ring (bicyclic) bond motifs is 1. The van der Waals surface area contributed by atoms with E-state index in [1.54, 1.807) is 14.0 Å². The highest BCUT2D eigenvalue weighted by Crippen LogP contribution is 2.32. The molecule has 22 heavy (non-hydrogen) atoms. The van der Waals surface area contributed by atoms with E-state index in [4.69, 9.17) is 9.47 Å². The first-order chi connectivity index (χ1) is 10.4. The summed E-state index contributed by atoms with van der Waals surface area (Å²) in [7, 11) is 1.60. The molecule has 0 radical (unpaired) electrons. The van der Waals surface area contributed by atoms with E-state index in [1.807, 2.05) is 43.5 Å². The number of hydrogen-bond acceptors (Lipinski definition) is 4. The van der Waals surface area contributed by atoms with Crippen LogP contribution >= 0.6 is 0 Å². The number of rotatable bonds is 5. The number of nitrogens with zero attached hydrogens (tertiary/aromatic N) is 1. The second-order valence-electron chi connectivity index (χ2n) is 5.37. The number of aromatic nitrogens is 1. The standard InChI is InChI=1S/C17H21NO4/c1-6-22-17(20)16(19)15-11(4)13-8-7-12(21-5)9-14(13)18(15)10(2)3/h7-10H,6H2,1-5H3. The van der Waals surface area contributed by atoms with Crippen molar-refractivity contribution in [3.63, 3.8) is 0 Å². The summed E-state index contributed by atoms with van der Waals surface area (Å²) in [5.41, 5.74) is 2.04. The molecule has 2 rings (SSSR count). The van der Waals surface area contributed by atoms with Crippen molar-refractivity contribution in [1.29, 1.82) is 0 Å². The van der Waals surface area contributed by atoms with Crippen LogP contribution in [0.25, 0.3) is 10.9 Å². The number of esters is 1. The number of ketones is 1. The highest BCUT2D eigenvalue weighted by atomic mass is 16.5. The summed E-state index contributed by atoms with van der Waals surface area (Å²) in [4.78, 5) is 24.3. The van der Waals surface area contributed by atoms with Gasteiger partial charge in [0.25, 0.3) is 5.78 Å². The summed E-state index contributed by atoms with van der Waals surface area (Å²) >= 11 is 0. The Bertz CT molecular complexity index is 728. The number of carbonyl (C=O) groups excluding carboxylic acids is 2. The minimum absolute atomic E-state index is 0.0247. The Morgan fingerprint density at radius 2 is 1.95 bits per heavy atom. The fraction of sp³-hybridized carbons (Fsp3) is 0.412. The molecule has 0 saturated heterocycles. The highest BCUT2D eigenvalue weighted by molar-refractivity contribution is 6.41. The molecular formula is C17H21NO4. The van der Waals surface area contributed by atoms with Gasteiger partial charge in [-0.2, -0.15) is 0 Å². The molecule has 2 aromatic rings. The van der Waals surface area contributed by atoms with Crippen LogP contribution in [0.2, 0.25) is 0 Å². The summed E-state index contributed by atoms with van der Waals surface area (Å²) < 4.78 is 12.0. The minimum Gasteiger partial charge on any atom is -0.497 e. The van der Waals surface area contributed by atoms with E-state index in [-0.39, 0.29) is 12.6 Å². The Labute approximate surface area is 129 Å². The third-order valence-electron chi connectivity index (χ3n) is 3.66. The molecule has 118 valence electrons. The Morgan fingerprint density at radius 3 is 2.50 bits per heavy atom. The van der Waals surface area contributed by atoms with Gasteiger partial charge in [0.15, 0.2) is 0 Å². The lowest BCUT2D eigenvalue weighted by Gasteiger charge is -2.14. The maximum absolute atomic E-state index is 12.5. The van der Waals surface area contributed by atoms with Crippen LogP contribution in [0.5, 0.6) is 5.75 Å². The molecule has 0 fully saturated rings. The fourth-order valence-corrected chi connectivity index (χ4v) is 2.69. The van der Waals surface area contributed by atoms with Gasteiger partial charge in [-0.25, -0.2) is 4.79 Å². The van der Waals surface area contributed by atoms with Gasteiger partial charge < -0.3 is 14.0 Å². The van der Waals surface area contributed by atoms with Crippen molar-refractivity contribution < 1.29 is 19.1 Å². The number of hydrogen-bond donors (Lipinski definition) is 0. The average molecular weight is 303 g/mol. The quantitative estimate of drug-likeness (QED) is 0.483. The molecule has 0 aliphatic rings. The molecule has 0 unspecified atom stereocenters. The van der Waals surface area contributed by atoms with Gasteiger partial charge in [-0.3, -0.25) is 4.79 Å². The smallest absolute Gasteiger partial charge is 0.381 e. The fourth-order valence-electron chi connectivity index (χ4n) is 2.69. The van der Waals surface area contributed by atoms with Crippen LogP contribution in [-0.2, 0) is 9.53 Å². The number of carbonyl (C=O) groups is 2. The van der Waals surface area contributed by atoms with Crippen molar-refractivity contribution in [2.75, 3.05) is 13.7 Å². The molecule has 0 N–H and O–H groups in total. The van der Waals surface area contributed by atoms with Crippen molar-refractivity contribution >= 4 is 22.7 Å². The third-order valence-corrected chi connectivity index (χ3v) is 3.66. The van der Waals surface area contributed by atoms with Crippen molar-refractivity contribution in [3.05, 3.63) is 29.5 Å². The summed E-state index contributed by atoms with van der Waals surface area (Å²) in [5, 5.41) is 0.933. The first-order valence-corrected chi connectivity index (χ1v) is 7.32. The minimum atomic E-state index is -0.817. The third kappa shape index (κ3) is 2.58. The lowest BCUT2D eigenvalue weighted by atomic mass is 10.1. The van der Waals surface area contributed by atoms with Gasteiger partial charge in [-0.15, -0.1) is 0 Å². The van der Waals surface area contributed by atoms with Crippen LogP contribution in [0.15, 0.2) is 18.2 Å². The molecule has 0 bridgehead atoms. The zero-order valence-electron chi connectivity index (χ0n) is 13.6. The van der Waals surface area contributed by atoms with Gasteiger partial charge in [0, 0.05) is 17.5 Å². The normalized spacial score (nSPS) is 11.0. The van der Waals surface area contributed by atoms with Crippen LogP contribution in [0, 0.1) is 6.92 Å². The molecule has 1 aromatic heterocycles. The molecule has 0 saturated carbocycles. The van der Waals surface area contributed by atoms with Crippen molar-refractivity contribution in [2.45, 2.75) is 33.7 Å². The molecule has 0 aliphatic heterocycles. The van der Waals surface area contributed by atoms with Crippen LogP contribution in [0.1, 0.15) is 42.9 Å². The molecule has 0 aliphatic carbocycles. The molecule has 5 nitrogen and oxygen atoms in total. The summed E-state index contributed by atoms with van der Waals surface area (Å²) in [5.74, 6) is -0.715. The molecule has 0 amide bonds. The maximum atomic E-state index is 12.5. The van der Waals surface area contributed by atoms with Crippen LogP contribution in [0.4, 0.5) is 0 Å².